The van der Waals surface area contributed by atoms with Crippen molar-refractivity contribution < 1.29 is 13.9 Å². The van der Waals surface area contributed by atoms with E-state index < -0.39 is 0 Å². The SMILES string of the molecule is COc1cccc(NC(=O)N(C)Cc2cccc(F)c2)c1. The predicted octanol–water partition coefficient (Wildman–Crippen LogP) is 3.50. The van der Waals surface area contributed by atoms with Gasteiger partial charge in [0.05, 0.1) is 7.11 Å². The Morgan fingerprint density at radius 3 is 2.71 bits per heavy atom. The van der Waals surface area contributed by atoms with Gasteiger partial charge in [-0.15, -0.1) is 0 Å². The van der Waals surface area contributed by atoms with Crippen molar-refractivity contribution in [2.75, 3.05) is 19.5 Å². The Balaban J connectivity index is 1.99. The monoisotopic (exact) mass is 288 g/mol. The van der Waals surface area contributed by atoms with E-state index in [0.29, 0.717) is 18.0 Å². The molecule has 0 atom stereocenters. The summed E-state index contributed by atoms with van der Waals surface area (Å²) in [6.45, 7) is 0.327. The highest BCUT2D eigenvalue weighted by molar-refractivity contribution is 5.89. The third-order valence-corrected chi connectivity index (χ3v) is 2.98. The van der Waals surface area contributed by atoms with Crippen LogP contribution in [0.2, 0.25) is 0 Å². The molecule has 0 aliphatic rings. The van der Waals surface area contributed by atoms with Crippen LogP contribution in [-0.4, -0.2) is 25.1 Å². The minimum Gasteiger partial charge on any atom is -0.497 e. The second-order valence-corrected chi connectivity index (χ2v) is 4.65. The molecule has 1 N–H and O–H groups in total. The molecular weight excluding hydrogens is 271 g/mol. The third kappa shape index (κ3) is 4.21. The first-order valence-corrected chi connectivity index (χ1v) is 6.49. The second kappa shape index (κ2) is 6.74. The maximum absolute atomic E-state index is 13.1. The van der Waals surface area contributed by atoms with Gasteiger partial charge in [0.2, 0.25) is 0 Å². The number of carbonyl (C=O) groups excluding carboxylic acids is 1. The lowest BCUT2D eigenvalue weighted by atomic mass is 10.2. The number of urea groups is 1. The van der Waals surface area contributed by atoms with E-state index in [4.69, 9.17) is 4.74 Å². The van der Waals surface area contributed by atoms with Gasteiger partial charge in [-0.1, -0.05) is 18.2 Å². The quantitative estimate of drug-likeness (QED) is 0.935. The smallest absolute Gasteiger partial charge is 0.321 e. The van der Waals surface area contributed by atoms with Crippen molar-refractivity contribution in [1.82, 2.24) is 4.90 Å². The highest BCUT2D eigenvalue weighted by atomic mass is 19.1. The largest absolute Gasteiger partial charge is 0.497 e. The molecule has 0 fully saturated rings. The van der Waals surface area contributed by atoms with Crippen molar-refractivity contribution in [3.63, 3.8) is 0 Å². The van der Waals surface area contributed by atoms with Gasteiger partial charge in [0.25, 0.3) is 0 Å². The van der Waals surface area contributed by atoms with Crippen LogP contribution >= 0.6 is 0 Å². The summed E-state index contributed by atoms with van der Waals surface area (Å²) in [7, 11) is 3.22. The third-order valence-electron chi connectivity index (χ3n) is 2.98. The van der Waals surface area contributed by atoms with Gasteiger partial charge in [0, 0.05) is 25.3 Å². The predicted molar refractivity (Wildman–Crippen MR) is 79.9 cm³/mol. The van der Waals surface area contributed by atoms with Crippen LogP contribution in [0.4, 0.5) is 14.9 Å². The Morgan fingerprint density at radius 1 is 1.24 bits per heavy atom. The molecule has 0 saturated carbocycles. The molecule has 5 heteroatoms. The maximum atomic E-state index is 13.1. The lowest BCUT2D eigenvalue weighted by Gasteiger charge is -2.18. The van der Waals surface area contributed by atoms with Gasteiger partial charge in [0.1, 0.15) is 11.6 Å². The number of amides is 2. The van der Waals surface area contributed by atoms with Gasteiger partial charge < -0.3 is 15.0 Å². The van der Waals surface area contributed by atoms with Crippen LogP contribution in [0.25, 0.3) is 0 Å². The molecule has 0 saturated heterocycles. The first-order valence-electron chi connectivity index (χ1n) is 6.49. The molecule has 4 nitrogen and oxygen atoms in total. The summed E-state index contributed by atoms with van der Waals surface area (Å²) in [6, 6.07) is 13.0. The van der Waals surface area contributed by atoms with Gasteiger partial charge in [-0.25, -0.2) is 9.18 Å². The Morgan fingerprint density at radius 2 is 2.00 bits per heavy atom. The van der Waals surface area contributed by atoms with E-state index in [-0.39, 0.29) is 11.8 Å². The van der Waals surface area contributed by atoms with Gasteiger partial charge >= 0.3 is 6.03 Å². The van der Waals surface area contributed by atoms with Crippen LogP contribution in [0.1, 0.15) is 5.56 Å². The Hall–Kier alpha value is -2.56. The van der Waals surface area contributed by atoms with Crippen LogP contribution < -0.4 is 10.1 Å². The zero-order valence-electron chi connectivity index (χ0n) is 12.0. The van der Waals surface area contributed by atoms with Gasteiger partial charge in [-0.2, -0.15) is 0 Å². The van der Waals surface area contributed by atoms with Crippen molar-refractivity contribution in [3.05, 3.63) is 59.9 Å². The van der Waals surface area contributed by atoms with Crippen molar-refractivity contribution in [3.8, 4) is 5.75 Å². The van der Waals surface area contributed by atoms with E-state index in [1.54, 1.807) is 50.6 Å². The molecule has 110 valence electrons. The zero-order valence-corrected chi connectivity index (χ0v) is 12.0. The van der Waals surface area contributed by atoms with E-state index in [1.807, 2.05) is 0 Å². The molecule has 0 aliphatic carbocycles. The van der Waals surface area contributed by atoms with E-state index in [1.165, 1.54) is 17.0 Å². The summed E-state index contributed by atoms with van der Waals surface area (Å²) in [5, 5.41) is 2.76. The second-order valence-electron chi connectivity index (χ2n) is 4.65. The number of anilines is 1. The fourth-order valence-electron chi connectivity index (χ4n) is 1.90. The minimum absolute atomic E-state index is 0.271. The van der Waals surface area contributed by atoms with E-state index in [0.717, 1.165) is 5.56 Å². The number of nitrogens with zero attached hydrogens (tertiary/aromatic N) is 1. The number of hydrogen-bond acceptors (Lipinski definition) is 2. The number of carbonyl (C=O) groups is 1. The standard InChI is InChI=1S/C16H17FN2O2/c1-19(11-12-5-3-6-13(17)9-12)16(20)18-14-7-4-8-15(10-14)21-2/h3-10H,11H2,1-2H3,(H,18,20). The molecule has 0 radical (unpaired) electrons. The van der Waals surface area contributed by atoms with Crippen molar-refractivity contribution in [2.24, 2.45) is 0 Å². The summed E-state index contributed by atoms with van der Waals surface area (Å²) in [5.41, 5.74) is 1.38. The topological polar surface area (TPSA) is 41.6 Å². The summed E-state index contributed by atoms with van der Waals surface area (Å²) in [4.78, 5) is 13.6. The molecule has 2 rings (SSSR count). The molecule has 2 aromatic carbocycles. The van der Waals surface area contributed by atoms with Gasteiger partial charge in [-0.05, 0) is 29.8 Å². The number of nitrogens with one attached hydrogen (secondary N) is 1. The lowest BCUT2D eigenvalue weighted by molar-refractivity contribution is 0.220. The Bertz CT molecular complexity index is 631. The first-order chi connectivity index (χ1) is 10.1. The van der Waals surface area contributed by atoms with Gasteiger partial charge in [0.15, 0.2) is 0 Å². The van der Waals surface area contributed by atoms with Gasteiger partial charge in [-0.3, -0.25) is 0 Å². The first kappa shape index (κ1) is 14.8. The number of methoxy groups -OCH3 is 1. The minimum atomic E-state index is -0.311. The fraction of sp³-hybridized carbons (Fsp3) is 0.188. The molecular formula is C16H17FN2O2. The molecule has 21 heavy (non-hydrogen) atoms. The average molecular weight is 288 g/mol. The van der Waals surface area contributed by atoms with Crippen molar-refractivity contribution in [1.29, 1.82) is 0 Å². The Labute approximate surface area is 123 Å². The van der Waals surface area contributed by atoms with E-state index in [9.17, 15) is 9.18 Å². The summed E-state index contributed by atoms with van der Waals surface area (Å²) < 4.78 is 18.2. The molecule has 0 bridgehead atoms. The zero-order chi connectivity index (χ0) is 15.2. The number of halogens is 1. The molecule has 2 aromatic rings. The lowest BCUT2D eigenvalue weighted by Crippen LogP contribution is -2.30. The van der Waals surface area contributed by atoms with E-state index in [2.05, 4.69) is 5.32 Å². The Kier molecular flexibility index (Phi) is 4.77. The number of benzene rings is 2. The van der Waals surface area contributed by atoms with Crippen LogP contribution in [-0.2, 0) is 6.54 Å². The molecule has 0 spiro atoms. The van der Waals surface area contributed by atoms with Crippen LogP contribution in [0.3, 0.4) is 0 Å². The fourth-order valence-corrected chi connectivity index (χ4v) is 1.90. The molecule has 0 heterocycles. The number of hydrogen-bond donors (Lipinski definition) is 1. The number of rotatable bonds is 4. The molecule has 0 unspecified atom stereocenters. The number of ether oxygens (including phenoxy) is 1. The van der Waals surface area contributed by atoms with E-state index >= 15 is 0 Å². The maximum Gasteiger partial charge on any atom is 0.321 e. The highest BCUT2D eigenvalue weighted by Crippen LogP contribution is 2.17. The van der Waals surface area contributed by atoms with Crippen LogP contribution in [0.5, 0.6) is 5.75 Å². The molecule has 0 aliphatic heterocycles. The molecule has 0 aromatic heterocycles. The highest BCUT2D eigenvalue weighted by Gasteiger charge is 2.10. The van der Waals surface area contributed by atoms with Crippen LogP contribution in [0, 0.1) is 5.82 Å². The molecule has 2 amide bonds. The normalized spacial score (nSPS) is 10.0. The van der Waals surface area contributed by atoms with Crippen LogP contribution in [0.15, 0.2) is 48.5 Å². The summed E-state index contributed by atoms with van der Waals surface area (Å²) >= 11 is 0. The summed E-state index contributed by atoms with van der Waals surface area (Å²) in [5.74, 6) is 0.356. The summed E-state index contributed by atoms with van der Waals surface area (Å²) in [6.07, 6.45) is 0. The van der Waals surface area contributed by atoms with Crippen molar-refractivity contribution >= 4 is 11.7 Å². The average Bonchev–Trinajstić information content (AvgIpc) is 2.47. The van der Waals surface area contributed by atoms with Crippen molar-refractivity contribution in [2.45, 2.75) is 6.54 Å².